The lowest BCUT2D eigenvalue weighted by Gasteiger charge is -2.05. The Hall–Kier alpha value is -1.32. The van der Waals surface area contributed by atoms with E-state index in [4.69, 9.17) is 0 Å². The topological polar surface area (TPSA) is 29.0 Å². The molecule has 0 saturated carbocycles. The minimum absolute atomic E-state index is 1.02. The summed E-state index contributed by atoms with van der Waals surface area (Å²) >= 11 is 0. The first-order chi connectivity index (χ1) is 9.26. The highest BCUT2D eigenvalue weighted by Crippen LogP contribution is 2.30. The van der Waals surface area contributed by atoms with Crippen molar-refractivity contribution in [3.8, 4) is 0 Å². The van der Waals surface area contributed by atoms with Gasteiger partial charge in [-0.1, -0.05) is 0 Å². The molecule has 0 radical (unpaired) electrons. The summed E-state index contributed by atoms with van der Waals surface area (Å²) in [6.07, 6.45) is 1.11. The molecule has 0 atom stereocenters. The Morgan fingerprint density at radius 3 is 2.68 bits per heavy atom. The third-order valence-corrected chi connectivity index (χ3v) is 4.35. The van der Waals surface area contributed by atoms with Crippen molar-refractivity contribution < 1.29 is 0 Å². The van der Waals surface area contributed by atoms with Gasteiger partial charge < -0.3 is 15.2 Å². The van der Waals surface area contributed by atoms with Crippen molar-refractivity contribution in [1.82, 2.24) is 15.2 Å². The maximum Gasteiger partial charge on any atom is 0.0488 e. The third-order valence-electron chi connectivity index (χ3n) is 4.35. The molecule has 1 aliphatic heterocycles. The van der Waals surface area contributed by atoms with Gasteiger partial charge in [0.25, 0.3) is 0 Å². The van der Waals surface area contributed by atoms with Crippen LogP contribution in [0.1, 0.15) is 29.3 Å². The van der Waals surface area contributed by atoms with Gasteiger partial charge in [0.1, 0.15) is 0 Å². The van der Waals surface area contributed by atoms with Gasteiger partial charge in [-0.25, -0.2) is 0 Å². The van der Waals surface area contributed by atoms with Crippen LogP contribution in [0.15, 0.2) is 12.1 Å². The molecule has 0 spiro atoms. The summed E-state index contributed by atoms with van der Waals surface area (Å²) < 4.78 is 2.46. The van der Waals surface area contributed by atoms with Gasteiger partial charge in [-0.3, -0.25) is 0 Å². The molecule has 0 amide bonds. The summed E-state index contributed by atoms with van der Waals surface area (Å²) in [5.41, 5.74) is 7.31. The zero-order valence-corrected chi connectivity index (χ0v) is 12.1. The number of nitrogens with zero attached hydrogens (tertiary/aromatic N) is 1. The molecular weight excluding hydrogens is 234 g/mol. The summed E-state index contributed by atoms with van der Waals surface area (Å²) in [6, 6.07) is 4.80. The summed E-state index contributed by atoms with van der Waals surface area (Å²) in [7, 11) is 2.02. The average molecular weight is 257 g/mol. The number of rotatable bonds is 4. The van der Waals surface area contributed by atoms with E-state index in [1.165, 1.54) is 33.3 Å². The minimum Gasteiger partial charge on any atom is -0.345 e. The van der Waals surface area contributed by atoms with Gasteiger partial charge in [0.2, 0.25) is 0 Å². The van der Waals surface area contributed by atoms with Gasteiger partial charge in [-0.2, -0.15) is 0 Å². The normalized spacial score (nSPS) is 14.3. The van der Waals surface area contributed by atoms with Crippen LogP contribution >= 0.6 is 0 Å². The number of aromatic nitrogens is 1. The fourth-order valence-corrected chi connectivity index (χ4v) is 3.31. The molecule has 2 aromatic rings. The minimum atomic E-state index is 1.02. The SMILES string of the molecule is CCn1c(C)c(CCNC)c2cc3c(cc21)CNC3. The quantitative estimate of drug-likeness (QED) is 0.880. The second kappa shape index (κ2) is 4.99. The maximum atomic E-state index is 3.45. The Balaban J connectivity index is 2.20. The van der Waals surface area contributed by atoms with Crippen molar-refractivity contribution in [3.63, 3.8) is 0 Å². The van der Waals surface area contributed by atoms with E-state index >= 15 is 0 Å². The second-order valence-corrected chi connectivity index (χ2v) is 5.40. The zero-order valence-electron chi connectivity index (χ0n) is 12.1. The number of likely N-dealkylation sites (N-methyl/N-ethyl adjacent to an activating group) is 1. The fraction of sp³-hybridized carbons (Fsp3) is 0.500. The van der Waals surface area contributed by atoms with Gasteiger partial charge in [0.15, 0.2) is 0 Å². The molecule has 3 nitrogen and oxygen atoms in total. The van der Waals surface area contributed by atoms with E-state index in [0.29, 0.717) is 0 Å². The largest absolute Gasteiger partial charge is 0.345 e. The molecule has 0 unspecified atom stereocenters. The number of nitrogens with one attached hydrogen (secondary N) is 2. The van der Waals surface area contributed by atoms with Crippen molar-refractivity contribution in [3.05, 3.63) is 34.5 Å². The molecule has 0 fully saturated rings. The van der Waals surface area contributed by atoms with Crippen molar-refractivity contribution >= 4 is 10.9 Å². The number of hydrogen-bond donors (Lipinski definition) is 2. The lowest BCUT2D eigenvalue weighted by Crippen LogP contribution is -2.11. The second-order valence-electron chi connectivity index (χ2n) is 5.40. The van der Waals surface area contributed by atoms with E-state index in [1.54, 1.807) is 0 Å². The van der Waals surface area contributed by atoms with Crippen molar-refractivity contribution in [2.24, 2.45) is 0 Å². The highest BCUT2D eigenvalue weighted by atomic mass is 15.0. The molecule has 3 rings (SSSR count). The standard InChI is InChI=1S/C16H23N3/c1-4-19-11(2)14(5-6-17-3)15-7-12-9-18-10-13(12)8-16(15)19/h7-8,17-18H,4-6,9-10H2,1-3H3. The zero-order chi connectivity index (χ0) is 13.4. The van der Waals surface area contributed by atoms with Crippen LogP contribution < -0.4 is 10.6 Å². The summed E-state index contributed by atoms with van der Waals surface area (Å²) in [6.45, 7) is 8.63. The van der Waals surface area contributed by atoms with E-state index in [0.717, 1.165) is 32.6 Å². The van der Waals surface area contributed by atoms with Crippen molar-refractivity contribution in [1.29, 1.82) is 0 Å². The fourth-order valence-electron chi connectivity index (χ4n) is 3.31. The van der Waals surface area contributed by atoms with E-state index < -0.39 is 0 Å². The van der Waals surface area contributed by atoms with Crippen LogP contribution in [-0.2, 0) is 26.1 Å². The molecule has 2 N–H and O–H groups in total. The van der Waals surface area contributed by atoms with Crippen LogP contribution in [0.25, 0.3) is 10.9 Å². The van der Waals surface area contributed by atoms with Crippen LogP contribution in [0.5, 0.6) is 0 Å². The van der Waals surface area contributed by atoms with Gasteiger partial charge in [0.05, 0.1) is 0 Å². The Bertz CT molecular complexity index is 610. The Kier molecular flexibility index (Phi) is 3.33. The molecule has 0 bridgehead atoms. The molecule has 1 aromatic carbocycles. The number of aryl methyl sites for hydroxylation is 1. The van der Waals surface area contributed by atoms with Crippen LogP contribution in [0.2, 0.25) is 0 Å². The van der Waals surface area contributed by atoms with E-state index in [2.05, 4.69) is 41.2 Å². The lowest BCUT2D eigenvalue weighted by atomic mass is 10.0. The molecule has 0 aliphatic carbocycles. The van der Waals surface area contributed by atoms with E-state index in [9.17, 15) is 0 Å². The van der Waals surface area contributed by atoms with E-state index in [-0.39, 0.29) is 0 Å². The molecule has 0 saturated heterocycles. The smallest absolute Gasteiger partial charge is 0.0488 e. The average Bonchev–Trinajstić information content (AvgIpc) is 2.96. The van der Waals surface area contributed by atoms with Crippen LogP contribution in [0.4, 0.5) is 0 Å². The predicted octanol–water partition coefficient (Wildman–Crippen LogP) is 2.33. The number of hydrogen-bond acceptors (Lipinski definition) is 2. The third kappa shape index (κ3) is 1.97. The predicted molar refractivity (Wildman–Crippen MR) is 80.5 cm³/mol. The highest BCUT2D eigenvalue weighted by Gasteiger charge is 2.17. The van der Waals surface area contributed by atoms with Gasteiger partial charge in [-0.05, 0) is 62.7 Å². The first kappa shape index (κ1) is 12.7. The first-order valence-corrected chi connectivity index (χ1v) is 7.25. The van der Waals surface area contributed by atoms with Crippen molar-refractivity contribution in [2.45, 2.75) is 39.9 Å². The van der Waals surface area contributed by atoms with Gasteiger partial charge in [0, 0.05) is 36.2 Å². The van der Waals surface area contributed by atoms with Crippen LogP contribution in [0.3, 0.4) is 0 Å². The van der Waals surface area contributed by atoms with Gasteiger partial charge in [-0.15, -0.1) is 0 Å². The number of fused-ring (bicyclic) bond motifs is 2. The van der Waals surface area contributed by atoms with Crippen LogP contribution in [0, 0.1) is 6.92 Å². The molecule has 2 heterocycles. The molecule has 19 heavy (non-hydrogen) atoms. The Morgan fingerprint density at radius 2 is 2.00 bits per heavy atom. The lowest BCUT2D eigenvalue weighted by molar-refractivity contribution is 0.745. The summed E-state index contributed by atoms with van der Waals surface area (Å²) in [4.78, 5) is 0. The molecule has 3 heteroatoms. The van der Waals surface area contributed by atoms with Crippen molar-refractivity contribution in [2.75, 3.05) is 13.6 Å². The van der Waals surface area contributed by atoms with E-state index in [1.807, 2.05) is 7.05 Å². The van der Waals surface area contributed by atoms with Gasteiger partial charge >= 0.3 is 0 Å². The summed E-state index contributed by atoms with van der Waals surface area (Å²) in [5.74, 6) is 0. The highest BCUT2D eigenvalue weighted by molar-refractivity contribution is 5.87. The van der Waals surface area contributed by atoms with Crippen LogP contribution in [-0.4, -0.2) is 18.2 Å². The number of benzene rings is 1. The summed E-state index contributed by atoms with van der Waals surface area (Å²) in [5, 5.41) is 8.17. The molecule has 1 aromatic heterocycles. The monoisotopic (exact) mass is 257 g/mol. The molecule has 102 valence electrons. The Morgan fingerprint density at radius 1 is 1.26 bits per heavy atom. The molecular formula is C16H23N3. The Labute approximate surface area is 115 Å². The maximum absolute atomic E-state index is 3.45. The first-order valence-electron chi connectivity index (χ1n) is 7.25. The molecule has 1 aliphatic rings.